The lowest BCUT2D eigenvalue weighted by Gasteiger charge is -2.57. The Balaban J connectivity index is 1.18. The van der Waals surface area contributed by atoms with E-state index in [1.165, 1.54) is 27.8 Å². The van der Waals surface area contributed by atoms with Crippen molar-refractivity contribution < 1.29 is 14.3 Å². The molecule has 6 nitrogen and oxygen atoms in total. The predicted octanol–water partition coefficient (Wildman–Crippen LogP) is 5.07. The third kappa shape index (κ3) is 3.04. The van der Waals surface area contributed by atoms with Gasteiger partial charge in [0.25, 0.3) is 5.91 Å². The van der Waals surface area contributed by atoms with E-state index in [0.29, 0.717) is 18.5 Å². The standard InChI is InChI=1S/C33H35N3O3/c1-19-23-18-24-25-17-22-9-10-26(38-3)30-27(22)33(24,13-16-35(25)2)31(39-30)29(23)34-28(19)32(37)36-14-11-21(12-15-36)20-7-5-4-6-8-20/h4-11,24-25,31,34H,12-18H2,1-3H3/t24-,25+,31-,33?/m0/s1. The van der Waals surface area contributed by atoms with Crippen molar-refractivity contribution in [3.8, 4) is 11.5 Å². The zero-order valence-electron chi connectivity index (χ0n) is 22.9. The van der Waals surface area contributed by atoms with Crippen LogP contribution in [0.2, 0.25) is 0 Å². The van der Waals surface area contributed by atoms with Gasteiger partial charge in [-0.25, -0.2) is 0 Å². The lowest BCUT2D eigenvalue weighted by molar-refractivity contribution is -0.0256. The molecule has 2 aliphatic carbocycles. The highest BCUT2D eigenvalue weighted by atomic mass is 16.5. The van der Waals surface area contributed by atoms with Crippen molar-refractivity contribution in [2.24, 2.45) is 5.92 Å². The summed E-state index contributed by atoms with van der Waals surface area (Å²) >= 11 is 0. The van der Waals surface area contributed by atoms with E-state index in [9.17, 15) is 4.79 Å². The first-order valence-corrected chi connectivity index (χ1v) is 14.3. The molecule has 2 bridgehead atoms. The Hall–Kier alpha value is -3.51. The average Bonchev–Trinajstić information content (AvgIpc) is 3.49. The second-order valence-corrected chi connectivity index (χ2v) is 12.1. The predicted molar refractivity (Wildman–Crippen MR) is 150 cm³/mol. The number of aromatic nitrogens is 1. The molecule has 6 heteroatoms. The van der Waals surface area contributed by atoms with Crippen molar-refractivity contribution in [2.75, 3.05) is 33.8 Å². The molecule has 1 aromatic heterocycles. The van der Waals surface area contributed by atoms with Crippen LogP contribution in [-0.2, 0) is 18.3 Å². The highest BCUT2D eigenvalue weighted by molar-refractivity contribution is 5.95. The number of amides is 1. The van der Waals surface area contributed by atoms with Gasteiger partial charge in [-0.2, -0.15) is 0 Å². The molecule has 0 saturated carbocycles. The molecule has 39 heavy (non-hydrogen) atoms. The second-order valence-electron chi connectivity index (χ2n) is 12.1. The summed E-state index contributed by atoms with van der Waals surface area (Å²) in [7, 11) is 4.01. The number of nitrogens with zero attached hydrogens (tertiary/aromatic N) is 2. The zero-order valence-corrected chi connectivity index (χ0v) is 22.9. The largest absolute Gasteiger partial charge is 0.493 e. The number of H-pyrrole nitrogens is 1. The topological polar surface area (TPSA) is 57.8 Å². The summed E-state index contributed by atoms with van der Waals surface area (Å²) in [5.74, 6) is 2.30. The second kappa shape index (κ2) is 8.25. The van der Waals surface area contributed by atoms with Gasteiger partial charge < -0.3 is 24.3 Å². The number of fused-ring (bicyclic) bond motifs is 2. The first-order chi connectivity index (χ1) is 19.0. The Kier molecular flexibility index (Phi) is 4.94. The van der Waals surface area contributed by atoms with Gasteiger partial charge in [-0.3, -0.25) is 4.79 Å². The SMILES string of the molecule is COc1ccc2c3c1O[C@H]1c4[nH]c(C(=O)N5CC=C(c6ccccc6)CC5)c(C)c4C[C@H]4[C@@H](C2)N(C)CCC314. The van der Waals surface area contributed by atoms with Gasteiger partial charge in [0.2, 0.25) is 0 Å². The molecule has 1 fully saturated rings. The number of aromatic amines is 1. The molecule has 4 heterocycles. The molecular formula is C33H35N3O3. The summed E-state index contributed by atoms with van der Waals surface area (Å²) in [5.41, 5.74) is 9.51. The number of methoxy groups -OCH3 is 1. The van der Waals surface area contributed by atoms with E-state index in [1.54, 1.807) is 7.11 Å². The molecule has 2 aromatic carbocycles. The van der Waals surface area contributed by atoms with Crippen LogP contribution in [-0.4, -0.2) is 60.5 Å². The van der Waals surface area contributed by atoms with Crippen molar-refractivity contribution in [3.05, 3.63) is 87.7 Å². The van der Waals surface area contributed by atoms with Gasteiger partial charge >= 0.3 is 0 Å². The number of benzene rings is 2. The number of rotatable bonds is 3. The lowest BCUT2D eigenvalue weighted by Crippen LogP contribution is -2.62. The fourth-order valence-corrected chi connectivity index (χ4v) is 8.58. The van der Waals surface area contributed by atoms with Crippen LogP contribution in [0.25, 0.3) is 5.57 Å². The Labute approximate surface area is 229 Å². The molecule has 200 valence electrons. The van der Waals surface area contributed by atoms with Crippen LogP contribution in [0.15, 0.2) is 48.5 Å². The molecule has 3 aliphatic heterocycles. The maximum atomic E-state index is 13.9. The van der Waals surface area contributed by atoms with E-state index >= 15 is 0 Å². The number of hydrogen-bond donors (Lipinski definition) is 1. The highest BCUT2D eigenvalue weighted by Gasteiger charge is 2.65. The van der Waals surface area contributed by atoms with Crippen molar-refractivity contribution in [3.63, 3.8) is 0 Å². The number of carbonyl (C=O) groups excluding carboxylic acids is 1. The molecule has 4 atom stereocenters. The van der Waals surface area contributed by atoms with Gasteiger partial charge in [-0.1, -0.05) is 42.5 Å². The maximum Gasteiger partial charge on any atom is 0.270 e. The van der Waals surface area contributed by atoms with Crippen LogP contribution in [0.5, 0.6) is 11.5 Å². The number of carbonyl (C=O) groups is 1. The quantitative estimate of drug-likeness (QED) is 0.523. The van der Waals surface area contributed by atoms with Crippen LogP contribution < -0.4 is 9.47 Å². The molecule has 0 radical (unpaired) electrons. The fraction of sp³-hybridized carbons (Fsp3) is 0.424. The van der Waals surface area contributed by atoms with Crippen LogP contribution in [0, 0.1) is 12.8 Å². The molecule has 1 spiro atoms. The molecule has 1 N–H and O–H groups in total. The molecule has 5 aliphatic rings. The Morgan fingerprint density at radius 1 is 1.13 bits per heavy atom. The van der Waals surface area contributed by atoms with E-state index < -0.39 is 0 Å². The van der Waals surface area contributed by atoms with Gasteiger partial charge in [0.05, 0.1) is 12.8 Å². The summed E-state index contributed by atoms with van der Waals surface area (Å²) in [6, 6.07) is 15.3. The van der Waals surface area contributed by atoms with Gasteiger partial charge in [-0.15, -0.1) is 0 Å². The minimum atomic E-state index is -0.112. The Morgan fingerprint density at radius 2 is 1.97 bits per heavy atom. The summed E-state index contributed by atoms with van der Waals surface area (Å²) in [6.45, 7) is 4.56. The number of likely N-dealkylation sites (tertiary alicyclic amines) is 1. The minimum absolute atomic E-state index is 0.0717. The maximum absolute atomic E-state index is 13.9. The summed E-state index contributed by atoms with van der Waals surface area (Å²) in [5, 5.41) is 0. The van der Waals surface area contributed by atoms with Crippen LogP contribution >= 0.6 is 0 Å². The number of piperidine rings is 1. The van der Waals surface area contributed by atoms with E-state index in [0.717, 1.165) is 67.2 Å². The monoisotopic (exact) mass is 521 g/mol. The van der Waals surface area contributed by atoms with Crippen LogP contribution in [0.1, 0.15) is 62.9 Å². The smallest absolute Gasteiger partial charge is 0.270 e. The molecule has 8 rings (SSSR count). The number of ether oxygens (including phenoxy) is 2. The van der Waals surface area contributed by atoms with E-state index in [2.05, 4.69) is 66.3 Å². The highest BCUT2D eigenvalue weighted by Crippen LogP contribution is 2.67. The van der Waals surface area contributed by atoms with Crippen molar-refractivity contribution in [2.45, 2.75) is 50.2 Å². The zero-order chi connectivity index (χ0) is 26.5. The van der Waals surface area contributed by atoms with E-state index in [-0.39, 0.29) is 17.4 Å². The Morgan fingerprint density at radius 3 is 2.74 bits per heavy atom. The minimum Gasteiger partial charge on any atom is -0.493 e. The average molecular weight is 522 g/mol. The third-order valence-electron chi connectivity index (χ3n) is 10.5. The fourth-order valence-electron chi connectivity index (χ4n) is 8.58. The summed E-state index contributed by atoms with van der Waals surface area (Å²) < 4.78 is 12.7. The number of hydrogen-bond acceptors (Lipinski definition) is 4. The van der Waals surface area contributed by atoms with Gasteiger partial charge in [-0.05, 0) is 86.0 Å². The lowest BCUT2D eigenvalue weighted by atomic mass is 9.51. The number of nitrogens with one attached hydrogen (secondary N) is 1. The molecule has 1 amide bonds. The molecule has 1 saturated heterocycles. The normalized spacial score (nSPS) is 28.3. The molecular weight excluding hydrogens is 486 g/mol. The summed E-state index contributed by atoms with van der Waals surface area (Å²) in [6.07, 6.45) is 6.05. The number of likely N-dealkylation sites (N-methyl/N-ethyl adjacent to an activating group) is 1. The van der Waals surface area contributed by atoms with Crippen molar-refractivity contribution in [1.82, 2.24) is 14.8 Å². The van der Waals surface area contributed by atoms with Gasteiger partial charge in [0.15, 0.2) is 11.5 Å². The van der Waals surface area contributed by atoms with E-state index in [1.807, 2.05) is 11.0 Å². The van der Waals surface area contributed by atoms with Crippen molar-refractivity contribution >= 4 is 11.5 Å². The van der Waals surface area contributed by atoms with Gasteiger partial charge in [0.1, 0.15) is 11.8 Å². The van der Waals surface area contributed by atoms with Gasteiger partial charge in [0, 0.05) is 30.1 Å². The van der Waals surface area contributed by atoms with E-state index in [4.69, 9.17) is 9.47 Å². The third-order valence-corrected chi connectivity index (χ3v) is 10.5. The van der Waals surface area contributed by atoms with Crippen LogP contribution in [0.3, 0.4) is 0 Å². The Bertz CT molecular complexity index is 1540. The first-order valence-electron chi connectivity index (χ1n) is 14.3. The molecule has 3 aromatic rings. The first kappa shape index (κ1) is 23.4. The van der Waals surface area contributed by atoms with Crippen molar-refractivity contribution in [1.29, 1.82) is 0 Å². The summed E-state index contributed by atoms with van der Waals surface area (Å²) in [4.78, 5) is 22.1. The van der Waals surface area contributed by atoms with Crippen LogP contribution in [0.4, 0.5) is 0 Å². The molecule has 1 unspecified atom stereocenters.